The maximum atomic E-state index is 14.4. The maximum Gasteiger partial charge on any atom is 0.328 e. The Labute approximate surface area is 237 Å². The number of methoxy groups -OCH3 is 3. The Balaban J connectivity index is 1.50. The lowest BCUT2D eigenvalue weighted by Gasteiger charge is -2.39. The maximum absolute atomic E-state index is 14.4. The molecule has 40 heavy (non-hydrogen) atoms. The van der Waals surface area contributed by atoms with Gasteiger partial charge in [-0.3, -0.25) is 4.79 Å². The van der Waals surface area contributed by atoms with Crippen LogP contribution in [0.2, 0.25) is 0 Å². The summed E-state index contributed by atoms with van der Waals surface area (Å²) in [4.78, 5) is 29.4. The van der Waals surface area contributed by atoms with Crippen LogP contribution in [0, 0.1) is 5.92 Å². The highest BCUT2D eigenvalue weighted by atomic mass is 16.6. The van der Waals surface area contributed by atoms with Crippen LogP contribution in [0.15, 0.2) is 42.5 Å². The van der Waals surface area contributed by atoms with Crippen molar-refractivity contribution in [2.75, 3.05) is 41.1 Å². The van der Waals surface area contributed by atoms with Crippen molar-refractivity contribution < 1.29 is 33.3 Å². The fourth-order valence-corrected chi connectivity index (χ4v) is 6.05. The molecule has 0 aromatic heterocycles. The third-order valence-corrected chi connectivity index (χ3v) is 8.07. The molecule has 8 heteroatoms. The van der Waals surface area contributed by atoms with E-state index in [-0.39, 0.29) is 24.4 Å². The summed E-state index contributed by atoms with van der Waals surface area (Å²) in [5, 5.41) is 0. The number of esters is 1. The van der Waals surface area contributed by atoms with E-state index in [1.54, 1.807) is 26.2 Å². The molecule has 8 nitrogen and oxygen atoms in total. The Morgan fingerprint density at radius 3 is 2.17 bits per heavy atom. The standard InChI is InChI=1S/C32H43NO7/c1-36-27-20-25(21-28(37-2)30(27)38-3)29(24-14-8-5-9-15-24)31(34)33-17-11-10-16-26(33)32(35)40-19-18-39-22-23-12-6-4-7-13-23/h4,6-7,12-13,20-21,24,26,29H,5,8-11,14-19,22H2,1-3H3/t26-,29?/m0/s1. The number of carbonyl (C=O) groups is 2. The zero-order valence-electron chi connectivity index (χ0n) is 24.1. The number of amides is 1. The van der Waals surface area contributed by atoms with Gasteiger partial charge in [0.15, 0.2) is 11.5 Å². The lowest BCUT2D eigenvalue weighted by molar-refractivity contribution is -0.159. The third-order valence-electron chi connectivity index (χ3n) is 8.07. The fraction of sp³-hybridized carbons (Fsp3) is 0.562. The number of hydrogen-bond donors (Lipinski definition) is 0. The van der Waals surface area contributed by atoms with Crippen molar-refractivity contribution in [3.05, 3.63) is 53.6 Å². The summed E-state index contributed by atoms with van der Waals surface area (Å²) in [5.74, 6) is 0.932. The van der Waals surface area contributed by atoms with E-state index in [4.69, 9.17) is 23.7 Å². The van der Waals surface area contributed by atoms with E-state index in [1.807, 2.05) is 42.5 Å². The van der Waals surface area contributed by atoms with Gasteiger partial charge in [-0.05, 0) is 61.3 Å². The topological polar surface area (TPSA) is 83.5 Å². The second kappa shape index (κ2) is 14.9. The van der Waals surface area contributed by atoms with Crippen molar-refractivity contribution in [2.24, 2.45) is 5.92 Å². The van der Waals surface area contributed by atoms with E-state index in [2.05, 4.69) is 0 Å². The second-order valence-corrected chi connectivity index (χ2v) is 10.6. The molecule has 1 unspecified atom stereocenters. The van der Waals surface area contributed by atoms with Gasteiger partial charge in [0.05, 0.1) is 40.5 Å². The van der Waals surface area contributed by atoms with Gasteiger partial charge in [-0.15, -0.1) is 0 Å². The first-order valence-corrected chi connectivity index (χ1v) is 14.5. The molecule has 0 radical (unpaired) electrons. The van der Waals surface area contributed by atoms with Crippen molar-refractivity contribution in [1.29, 1.82) is 0 Å². The van der Waals surface area contributed by atoms with E-state index in [0.29, 0.717) is 43.4 Å². The van der Waals surface area contributed by atoms with Gasteiger partial charge in [0.25, 0.3) is 0 Å². The molecule has 1 aliphatic heterocycles. The first-order valence-electron chi connectivity index (χ1n) is 14.5. The average molecular weight is 554 g/mol. The molecule has 2 aromatic carbocycles. The summed E-state index contributed by atoms with van der Waals surface area (Å²) in [5.41, 5.74) is 1.90. The number of carbonyl (C=O) groups excluding carboxylic acids is 2. The summed E-state index contributed by atoms with van der Waals surface area (Å²) < 4.78 is 28.1. The number of ether oxygens (including phenoxy) is 5. The molecule has 2 atom stereocenters. The Bertz CT molecular complexity index is 1070. The first-order chi connectivity index (χ1) is 19.6. The smallest absolute Gasteiger partial charge is 0.328 e. The number of piperidine rings is 1. The molecule has 2 aromatic rings. The fourth-order valence-electron chi connectivity index (χ4n) is 6.05. The lowest BCUT2D eigenvalue weighted by atomic mass is 9.75. The molecule has 1 aliphatic carbocycles. The Morgan fingerprint density at radius 1 is 0.850 bits per heavy atom. The van der Waals surface area contributed by atoms with Crippen LogP contribution >= 0.6 is 0 Å². The molecule has 0 bridgehead atoms. The highest BCUT2D eigenvalue weighted by Gasteiger charge is 2.40. The van der Waals surface area contributed by atoms with Crippen LogP contribution in [-0.4, -0.2) is 63.9 Å². The van der Waals surface area contributed by atoms with Crippen LogP contribution < -0.4 is 14.2 Å². The van der Waals surface area contributed by atoms with Crippen LogP contribution in [0.4, 0.5) is 0 Å². The van der Waals surface area contributed by atoms with Crippen LogP contribution in [0.3, 0.4) is 0 Å². The highest BCUT2D eigenvalue weighted by Crippen LogP contribution is 2.45. The number of benzene rings is 2. The second-order valence-electron chi connectivity index (χ2n) is 10.6. The van der Waals surface area contributed by atoms with Gasteiger partial charge < -0.3 is 28.6 Å². The molecule has 4 rings (SSSR count). The van der Waals surface area contributed by atoms with E-state index in [0.717, 1.165) is 49.7 Å². The van der Waals surface area contributed by atoms with Gasteiger partial charge in [-0.1, -0.05) is 49.6 Å². The van der Waals surface area contributed by atoms with Crippen LogP contribution in [-0.2, 0) is 25.7 Å². The van der Waals surface area contributed by atoms with Crippen molar-refractivity contribution in [3.8, 4) is 17.2 Å². The zero-order chi connectivity index (χ0) is 28.3. The van der Waals surface area contributed by atoms with Crippen LogP contribution in [0.1, 0.15) is 68.4 Å². The lowest BCUT2D eigenvalue weighted by Crippen LogP contribution is -2.51. The number of hydrogen-bond acceptors (Lipinski definition) is 7. The number of rotatable bonds is 12. The van der Waals surface area contributed by atoms with Gasteiger partial charge in [-0.2, -0.15) is 0 Å². The Hall–Kier alpha value is -3.26. The molecule has 1 saturated heterocycles. The summed E-state index contributed by atoms with van der Waals surface area (Å²) in [6, 6.07) is 13.1. The van der Waals surface area contributed by atoms with E-state index in [9.17, 15) is 9.59 Å². The van der Waals surface area contributed by atoms with Crippen molar-refractivity contribution in [2.45, 2.75) is 69.9 Å². The van der Waals surface area contributed by atoms with Gasteiger partial charge in [0.1, 0.15) is 12.6 Å². The Morgan fingerprint density at radius 2 is 1.52 bits per heavy atom. The minimum absolute atomic E-state index is 0.0249. The van der Waals surface area contributed by atoms with E-state index >= 15 is 0 Å². The summed E-state index contributed by atoms with van der Waals surface area (Å²) in [6.45, 7) is 1.46. The SMILES string of the molecule is COc1cc(C(C(=O)N2CCCC[C@H]2C(=O)OCCOCc2ccccc2)C2CCCCC2)cc(OC)c1OC. The van der Waals surface area contributed by atoms with Crippen LogP contribution in [0.25, 0.3) is 0 Å². The number of nitrogens with zero attached hydrogens (tertiary/aromatic N) is 1. The molecule has 0 spiro atoms. The molecule has 0 N–H and O–H groups in total. The van der Waals surface area contributed by atoms with Crippen molar-refractivity contribution in [3.63, 3.8) is 0 Å². The minimum Gasteiger partial charge on any atom is -0.493 e. The summed E-state index contributed by atoms with van der Waals surface area (Å²) in [6.07, 6.45) is 7.64. The average Bonchev–Trinajstić information content (AvgIpc) is 3.01. The van der Waals surface area contributed by atoms with E-state index < -0.39 is 12.0 Å². The summed E-state index contributed by atoms with van der Waals surface area (Å²) in [7, 11) is 4.73. The molecule has 1 heterocycles. The summed E-state index contributed by atoms with van der Waals surface area (Å²) >= 11 is 0. The largest absolute Gasteiger partial charge is 0.493 e. The normalized spacial score (nSPS) is 18.6. The first kappa shape index (κ1) is 29.7. The van der Waals surface area contributed by atoms with Crippen molar-refractivity contribution in [1.82, 2.24) is 4.90 Å². The molecule has 218 valence electrons. The van der Waals surface area contributed by atoms with Crippen molar-refractivity contribution >= 4 is 11.9 Å². The zero-order valence-corrected chi connectivity index (χ0v) is 24.1. The quantitative estimate of drug-likeness (QED) is 0.253. The molecule has 2 aliphatic rings. The molecule has 1 saturated carbocycles. The molecular formula is C32H43NO7. The van der Waals surface area contributed by atoms with E-state index in [1.165, 1.54) is 6.42 Å². The van der Waals surface area contributed by atoms with Gasteiger partial charge in [0, 0.05) is 6.54 Å². The van der Waals surface area contributed by atoms with Gasteiger partial charge >= 0.3 is 5.97 Å². The van der Waals surface area contributed by atoms with Gasteiger partial charge in [-0.25, -0.2) is 4.79 Å². The monoisotopic (exact) mass is 553 g/mol. The molecule has 1 amide bonds. The van der Waals surface area contributed by atoms with Gasteiger partial charge in [0.2, 0.25) is 11.7 Å². The molecular weight excluding hydrogens is 510 g/mol. The third kappa shape index (κ3) is 7.27. The Kier molecular flexibility index (Phi) is 11.1. The predicted octanol–water partition coefficient (Wildman–Crippen LogP) is 5.52. The minimum atomic E-state index is -0.594. The van der Waals surface area contributed by atoms with Crippen LogP contribution in [0.5, 0.6) is 17.2 Å². The number of likely N-dealkylation sites (tertiary alicyclic amines) is 1. The highest BCUT2D eigenvalue weighted by molar-refractivity contribution is 5.89. The predicted molar refractivity (Wildman–Crippen MR) is 152 cm³/mol. The molecule has 2 fully saturated rings.